The fourth-order valence-corrected chi connectivity index (χ4v) is 6.40. The Morgan fingerprint density at radius 3 is 2.56 bits per heavy atom. The molecule has 3 aromatic heterocycles. The fraction of sp³-hybridized carbons (Fsp3) is 0.370. The number of rotatable bonds is 4. The first kappa shape index (κ1) is 21.4. The van der Waals surface area contributed by atoms with Gasteiger partial charge in [0.1, 0.15) is 16.5 Å². The molecule has 6 rings (SSSR count). The second kappa shape index (κ2) is 9.22. The number of nitrogens with zero attached hydrogens (tertiary/aromatic N) is 4. The average molecular weight is 473 g/mol. The summed E-state index contributed by atoms with van der Waals surface area (Å²) in [5, 5.41) is 1.25. The van der Waals surface area contributed by atoms with Crippen LogP contribution in [-0.2, 0) is 19.3 Å². The van der Waals surface area contributed by atoms with Gasteiger partial charge in [0, 0.05) is 37.5 Å². The van der Waals surface area contributed by atoms with Gasteiger partial charge in [-0.3, -0.25) is 4.79 Å². The van der Waals surface area contributed by atoms with Gasteiger partial charge in [0.2, 0.25) is 0 Å². The van der Waals surface area contributed by atoms with E-state index in [0.29, 0.717) is 18.8 Å². The van der Waals surface area contributed by atoms with Crippen molar-refractivity contribution in [2.75, 3.05) is 31.1 Å². The van der Waals surface area contributed by atoms with Crippen molar-refractivity contribution in [2.24, 2.45) is 0 Å². The maximum atomic E-state index is 12.8. The highest BCUT2D eigenvalue weighted by Gasteiger charge is 2.28. The first-order valence-corrected chi connectivity index (χ1v) is 13.0. The largest absolute Gasteiger partial charge is 0.459 e. The zero-order valence-electron chi connectivity index (χ0n) is 19.2. The molecule has 0 unspecified atom stereocenters. The van der Waals surface area contributed by atoms with Crippen LogP contribution in [0.2, 0.25) is 0 Å². The number of carbonyl (C=O) groups excluding carboxylic acids is 1. The number of aromatic nitrogens is 2. The van der Waals surface area contributed by atoms with Gasteiger partial charge in [-0.05, 0) is 48.9 Å². The SMILES string of the molecule is O=C(c1ccco1)N1CCN(c2nc(Cc3ccccc3)nc3sc4c(c23)CCCCC4)CC1. The number of benzene rings is 1. The van der Waals surface area contributed by atoms with Crippen LogP contribution in [0.5, 0.6) is 0 Å². The van der Waals surface area contributed by atoms with E-state index in [1.54, 1.807) is 18.4 Å². The standard InChI is InChI=1S/C27H28N4O2S/c32-27(21-11-7-17-33-21)31-15-13-30(14-16-31)25-24-20-10-5-2-6-12-22(20)34-26(24)29-23(28-25)18-19-8-3-1-4-9-19/h1,3-4,7-9,11,17H,2,5-6,10,12-16,18H2. The maximum absolute atomic E-state index is 12.8. The van der Waals surface area contributed by atoms with Crippen LogP contribution in [0.25, 0.3) is 10.2 Å². The van der Waals surface area contributed by atoms with Crippen molar-refractivity contribution in [3.05, 3.63) is 76.3 Å². The molecule has 0 saturated carbocycles. The minimum absolute atomic E-state index is 0.0355. The van der Waals surface area contributed by atoms with E-state index < -0.39 is 0 Å². The lowest BCUT2D eigenvalue weighted by Gasteiger charge is -2.35. The number of anilines is 1. The number of hydrogen-bond acceptors (Lipinski definition) is 6. The van der Waals surface area contributed by atoms with E-state index >= 15 is 0 Å². The van der Waals surface area contributed by atoms with Gasteiger partial charge in [-0.2, -0.15) is 0 Å². The number of piperazine rings is 1. The summed E-state index contributed by atoms with van der Waals surface area (Å²) >= 11 is 1.86. The van der Waals surface area contributed by atoms with E-state index in [9.17, 15) is 4.79 Å². The lowest BCUT2D eigenvalue weighted by Crippen LogP contribution is -2.49. The van der Waals surface area contributed by atoms with Gasteiger partial charge >= 0.3 is 0 Å². The molecule has 0 radical (unpaired) electrons. The van der Waals surface area contributed by atoms with Crippen molar-refractivity contribution < 1.29 is 9.21 Å². The third kappa shape index (κ3) is 4.09. The second-order valence-electron chi connectivity index (χ2n) is 9.13. The molecule has 1 aromatic carbocycles. The van der Waals surface area contributed by atoms with Crippen LogP contribution in [0.1, 0.15) is 51.6 Å². The van der Waals surface area contributed by atoms with Crippen molar-refractivity contribution in [1.29, 1.82) is 0 Å². The van der Waals surface area contributed by atoms with Crippen molar-refractivity contribution in [1.82, 2.24) is 14.9 Å². The molecule has 6 nitrogen and oxygen atoms in total. The molecule has 4 heterocycles. The topological polar surface area (TPSA) is 62.5 Å². The molecular weight excluding hydrogens is 444 g/mol. The molecule has 2 aliphatic rings. The molecule has 0 spiro atoms. The summed E-state index contributed by atoms with van der Waals surface area (Å²) in [5.74, 6) is 2.30. The molecule has 0 bridgehead atoms. The summed E-state index contributed by atoms with van der Waals surface area (Å²) in [5.41, 5.74) is 2.69. The Bertz CT molecular complexity index is 1290. The molecule has 174 valence electrons. The Hall–Kier alpha value is -3.19. The number of carbonyl (C=O) groups is 1. The van der Waals surface area contributed by atoms with E-state index in [0.717, 1.165) is 48.8 Å². The summed E-state index contributed by atoms with van der Waals surface area (Å²) in [6, 6.07) is 13.9. The van der Waals surface area contributed by atoms with Gasteiger partial charge in [0.25, 0.3) is 5.91 Å². The smallest absolute Gasteiger partial charge is 0.289 e. The highest BCUT2D eigenvalue weighted by molar-refractivity contribution is 7.19. The van der Waals surface area contributed by atoms with E-state index in [-0.39, 0.29) is 5.91 Å². The zero-order valence-corrected chi connectivity index (χ0v) is 20.0. The van der Waals surface area contributed by atoms with Gasteiger partial charge in [0.15, 0.2) is 5.76 Å². The van der Waals surface area contributed by atoms with Crippen LogP contribution < -0.4 is 4.90 Å². The number of thiophene rings is 1. The minimum Gasteiger partial charge on any atom is -0.459 e. The average Bonchev–Trinajstić information content (AvgIpc) is 3.47. The lowest BCUT2D eigenvalue weighted by atomic mass is 10.1. The summed E-state index contributed by atoms with van der Waals surface area (Å²) in [6.07, 6.45) is 8.32. The molecule has 0 atom stereocenters. The molecule has 1 aliphatic heterocycles. The summed E-state index contributed by atoms with van der Waals surface area (Å²) < 4.78 is 5.33. The molecule has 7 heteroatoms. The molecule has 0 N–H and O–H groups in total. The van der Waals surface area contributed by atoms with E-state index in [4.69, 9.17) is 14.4 Å². The molecule has 4 aromatic rings. The van der Waals surface area contributed by atoms with Crippen LogP contribution in [0.15, 0.2) is 53.1 Å². The molecule has 34 heavy (non-hydrogen) atoms. The predicted octanol–water partition coefficient (Wildman–Crippen LogP) is 5.11. The third-order valence-corrected chi connectivity index (χ3v) is 8.08. The van der Waals surface area contributed by atoms with Crippen LogP contribution in [0.3, 0.4) is 0 Å². The highest BCUT2D eigenvalue weighted by Crippen LogP contribution is 2.39. The fourth-order valence-electron chi connectivity index (χ4n) is 5.12. The van der Waals surface area contributed by atoms with Crippen molar-refractivity contribution >= 4 is 33.3 Å². The number of aryl methyl sites for hydroxylation is 2. The van der Waals surface area contributed by atoms with E-state index in [2.05, 4.69) is 29.2 Å². The van der Waals surface area contributed by atoms with Gasteiger partial charge in [-0.1, -0.05) is 36.8 Å². The van der Waals surface area contributed by atoms with Crippen LogP contribution in [-0.4, -0.2) is 47.0 Å². The maximum Gasteiger partial charge on any atom is 0.289 e. The summed E-state index contributed by atoms with van der Waals surface area (Å²) in [4.78, 5) is 29.8. The number of hydrogen-bond donors (Lipinski definition) is 0. The molecular formula is C27H28N4O2S. The summed E-state index contributed by atoms with van der Waals surface area (Å²) in [6.45, 7) is 2.83. The van der Waals surface area contributed by atoms with Gasteiger partial charge < -0.3 is 14.2 Å². The zero-order chi connectivity index (χ0) is 22.9. The first-order valence-electron chi connectivity index (χ1n) is 12.2. The predicted molar refractivity (Wildman–Crippen MR) is 135 cm³/mol. The number of furan rings is 1. The quantitative estimate of drug-likeness (QED) is 0.387. The van der Waals surface area contributed by atoms with Crippen LogP contribution in [0, 0.1) is 0 Å². The molecule has 1 fully saturated rings. The first-order chi connectivity index (χ1) is 16.8. The Morgan fingerprint density at radius 2 is 1.76 bits per heavy atom. The van der Waals surface area contributed by atoms with E-state index in [1.807, 2.05) is 22.3 Å². The monoisotopic (exact) mass is 472 g/mol. The Balaban J connectivity index is 1.34. The number of amides is 1. The second-order valence-corrected chi connectivity index (χ2v) is 10.2. The van der Waals surface area contributed by atoms with Gasteiger partial charge in [-0.15, -0.1) is 11.3 Å². The van der Waals surface area contributed by atoms with E-state index in [1.165, 1.54) is 40.7 Å². The minimum atomic E-state index is -0.0355. The van der Waals surface area contributed by atoms with Crippen LogP contribution >= 0.6 is 11.3 Å². The van der Waals surface area contributed by atoms with Gasteiger partial charge in [0.05, 0.1) is 11.6 Å². The third-order valence-electron chi connectivity index (χ3n) is 6.90. The Kier molecular flexibility index (Phi) is 5.79. The normalized spacial score (nSPS) is 16.5. The molecule has 1 aliphatic carbocycles. The Morgan fingerprint density at radius 1 is 0.941 bits per heavy atom. The molecule has 1 saturated heterocycles. The molecule has 1 amide bonds. The lowest BCUT2D eigenvalue weighted by molar-refractivity contribution is 0.0714. The van der Waals surface area contributed by atoms with Crippen molar-refractivity contribution in [3.8, 4) is 0 Å². The number of fused-ring (bicyclic) bond motifs is 3. The summed E-state index contributed by atoms with van der Waals surface area (Å²) in [7, 11) is 0. The van der Waals surface area contributed by atoms with Crippen molar-refractivity contribution in [3.63, 3.8) is 0 Å². The van der Waals surface area contributed by atoms with Crippen LogP contribution in [0.4, 0.5) is 5.82 Å². The highest BCUT2D eigenvalue weighted by atomic mass is 32.1. The Labute approximate surface area is 203 Å². The van der Waals surface area contributed by atoms with Gasteiger partial charge in [-0.25, -0.2) is 9.97 Å². The van der Waals surface area contributed by atoms with Crippen molar-refractivity contribution in [2.45, 2.75) is 38.5 Å².